The first kappa shape index (κ1) is 20.6. The van der Waals surface area contributed by atoms with Gasteiger partial charge in [0.2, 0.25) is 0 Å². The molecule has 5 rings (SSSR count). The molecule has 0 aliphatic carbocycles. The predicted octanol–water partition coefficient (Wildman–Crippen LogP) is 6.62. The first-order chi connectivity index (χ1) is 16.2. The Morgan fingerprint density at radius 1 is 0.848 bits per heavy atom. The first-order valence-corrected chi connectivity index (χ1v) is 11.3. The monoisotopic (exact) mass is 429 g/mol. The van der Waals surface area contributed by atoms with Gasteiger partial charge in [0, 0.05) is 29.9 Å². The molecule has 3 aromatic carbocycles. The van der Waals surface area contributed by atoms with Crippen LogP contribution in [0.3, 0.4) is 0 Å². The van der Waals surface area contributed by atoms with Gasteiger partial charge in [0.1, 0.15) is 29.2 Å². The van der Waals surface area contributed by atoms with Crippen LogP contribution in [-0.4, -0.2) is 13.1 Å². The maximum atomic E-state index is 9.38. The lowest BCUT2D eigenvalue weighted by Gasteiger charge is -2.29. The quantitative estimate of drug-likeness (QED) is 0.439. The molecule has 2 heterocycles. The van der Waals surface area contributed by atoms with Crippen LogP contribution in [0.2, 0.25) is 0 Å². The number of fused-ring (bicyclic) bond motifs is 2. The molecule has 2 aliphatic rings. The number of nitriles is 2. The van der Waals surface area contributed by atoms with E-state index in [9.17, 15) is 10.5 Å². The zero-order valence-corrected chi connectivity index (χ0v) is 18.3. The van der Waals surface area contributed by atoms with Crippen LogP contribution in [0.5, 0.6) is 5.75 Å². The van der Waals surface area contributed by atoms with Gasteiger partial charge >= 0.3 is 0 Å². The second-order valence-electron chi connectivity index (χ2n) is 8.33. The van der Waals surface area contributed by atoms with Crippen molar-refractivity contribution in [2.75, 3.05) is 18.0 Å². The van der Waals surface area contributed by atoms with Crippen LogP contribution in [0.25, 0.3) is 22.4 Å². The Labute approximate surface area is 193 Å². The van der Waals surface area contributed by atoms with Gasteiger partial charge in [-0.1, -0.05) is 42.5 Å². The van der Waals surface area contributed by atoms with Crippen molar-refractivity contribution in [1.29, 1.82) is 10.5 Å². The van der Waals surface area contributed by atoms with Gasteiger partial charge in [0.05, 0.1) is 0 Å². The number of benzene rings is 3. The molecule has 0 spiro atoms. The molecule has 2 aliphatic heterocycles. The van der Waals surface area contributed by atoms with Crippen LogP contribution in [0.15, 0.2) is 84.1 Å². The van der Waals surface area contributed by atoms with Crippen LogP contribution in [0.1, 0.15) is 30.4 Å². The van der Waals surface area contributed by atoms with Crippen LogP contribution in [-0.2, 0) is 0 Å². The van der Waals surface area contributed by atoms with Crippen molar-refractivity contribution < 1.29 is 4.74 Å². The van der Waals surface area contributed by atoms with Gasteiger partial charge in [0.25, 0.3) is 0 Å². The topological polar surface area (TPSA) is 60.0 Å². The average Bonchev–Trinajstić information content (AvgIpc) is 2.88. The molecular formula is C29H23N3O. The highest BCUT2D eigenvalue weighted by atomic mass is 16.5. The lowest BCUT2D eigenvalue weighted by molar-refractivity contribution is 0.439. The average molecular weight is 430 g/mol. The molecule has 4 heteroatoms. The fourth-order valence-corrected chi connectivity index (χ4v) is 4.47. The highest BCUT2D eigenvalue weighted by molar-refractivity contribution is 5.89. The van der Waals surface area contributed by atoms with Crippen molar-refractivity contribution in [3.05, 3.63) is 95.3 Å². The Morgan fingerprint density at radius 3 is 2.42 bits per heavy atom. The van der Waals surface area contributed by atoms with Gasteiger partial charge in [-0.25, -0.2) is 0 Å². The normalized spacial score (nSPS) is 15.4. The van der Waals surface area contributed by atoms with E-state index in [2.05, 4.69) is 41.3 Å². The SMILES string of the molecule is N#CC(C#N)=C1C=C(/C=C/c2ccc3cc(N4CCCCC4)ccc3c2)Oc2ccccc21. The molecule has 0 bridgehead atoms. The number of allylic oxidation sites excluding steroid dienone is 4. The Bertz CT molecular complexity index is 1380. The maximum Gasteiger partial charge on any atom is 0.137 e. The van der Waals surface area contributed by atoms with Crippen molar-refractivity contribution in [2.24, 2.45) is 0 Å². The fraction of sp³-hybridized carbons (Fsp3) is 0.172. The van der Waals surface area contributed by atoms with Gasteiger partial charge in [-0.2, -0.15) is 10.5 Å². The molecule has 1 saturated heterocycles. The van der Waals surface area contributed by atoms with E-state index in [0.717, 1.165) is 24.2 Å². The fourth-order valence-electron chi connectivity index (χ4n) is 4.47. The number of hydrogen-bond donors (Lipinski definition) is 0. The van der Waals surface area contributed by atoms with Crippen molar-refractivity contribution in [3.63, 3.8) is 0 Å². The second-order valence-corrected chi connectivity index (χ2v) is 8.33. The van der Waals surface area contributed by atoms with Crippen LogP contribution in [0, 0.1) is 22.7 Å². The minimum absolute atomic E-state index is 0.0758. The van der Waals surface area contributed by atoms with E-state index in [0.29, 0.717) is 17.1 Å². The van der Waals surface area contributed by atoms with E-state index in [1.807, 2.05) is 48.6 Å². The number of ether oxygens (including phenoxy) is 1. The molecule has 0 atom stereocenters. The lowest BCUT2D eigenvalue weighted by Crippen LogP contribution is -2.29. The zero-order chi connectivity index (χ0) is 22.6. The molecule has 0 N–H and O–H groups in total. The first-order valence-electron chi connectivity index (χ1n) is 11.3. The lowest BCUT2D eigenvalue weighted by atomic mass is 9.97. The van der Waals surface area contributed by atoms with E-state index >= 15 is 0 Å². The smallest absolute Gasteiger partial charge is 0.137 e. The summed E-state index contributed by atoms with van der Waals surface area (Å²) in [5, 5.41) is 21.2. The number of piperidine rings is 1. The van der Waals surface area contributed by atoms with Gasteiger partial charge in [-0.05, 0) is 72.0 Å². The molecule has 0 aromatic heterocycles. The number of para-hydroxylation sites is 1. The third-order valence-corrected chi connectivity index (χ3v) is 6.19. The number of rotatable bonds is 3. The Morgan fingerprint density at radius 2 is 1.61 bits per heavy atom. The maximum absolute atomic E-state index is 9.38. The summed E-state index contributed by atoms with van der Waals surface area (Å²) in [5.41, 5.74) is 3.78. The van der Waals surface area contributed by atoms with Crippen LogP contribution in [0.4, 0.5) is 5.69 Å². The van der Waals surface area contributed by atoms with E-state index in [4.69, 9.17) is 4.74 Å². The van der Waals surface area contributed by atoms with E-state index in [1.54, 1.807) is 6.08 Å². The van der Waals surface area contributed by atoms with Crippen molar-refractivity contribution in [1.82, 2.24) is 0 Å². The van der Waals surface area contributed by atoms with Crippen LogP contribution < -0.4 is 9.64 Å². The summed E-state index contributed by atoms with van der Waals surface area (Å²) in [6.07, 6.45) is 9.50. The number of anilines is 1. The molecule has 0 radical (unpaired) electrons. The molecule has 33 heavy (non-hydrogen) atoms. The molecule has 3 aromatic rings. The van der Waals surface area contributed by atoms with Crippen LogP contribution >= 0.6 is 0 Å². The second kappa shape index (κ2) is 9.07. The summed E-state index contributed by atoms with van der Waals surface area (Å²) >= 11 is 0. The number of nitrogens with zero attached hydrogens (tertiary/aromatic N) is 3. The van der Waals surface area contributed by atoms with Gasteiger partial charge < -0.3 is 9.64 Å². The summed E-state index contributed by atoms with van der Waals surface area (Å²) in [7, 11) is 0. The van der Waals surface area contributed by atoms with Gasteiger partial charge in [0.15, 0.2) is 0 Å². The summed E-state index contributed by atoms with van der Waals surface area (Å²) in [5.74, 6) is 1.23. The molecule has 4 nitrogen and oxygen atoms in total. The minimum atomic E-state index is 0.0758. The molecule has 0 amide bonds. The number of hydrogen-bond acceptors (Lipinski definition) is 4. The Hall–Kier alpha value is -4.28. The van der Waals surface area contributed by atoms with Gasteiger partial charge in [-0.3, -0.25) is 0 Å². The highest BCUT2D eigenvalue weighted by Crippen LogP contribution is 2.35. The summed E-state index contributed by atoms with van der Waals surface area (Å²) in [6.45, 7) is 2.28. The molecule has 1 fully saturated rings. The van der Waals surface area contributed by atoms with E-state index in [-0.39, 0.29) is 5.57 Å². The molecule has 0 saturated carbocycles. The summed E-state index contributed by atoms with van der Waals surface area (Å²) < 4.78 is 6.01. The van der Waals surface area contributed by atoms with Crippen molar-refractivity contribution in [3.8, 4) is 17.9 Å². The molecular weight excluding hydrogens is 406 g/mol. The summed E-state index contributed by atoms with van der Waals surface area (Å²) in [4.78, 5) is 2.48. The van der Waals surface area contributed by atoms with E-state index < -0.39 is 0 Å². The van der Waals surface area contributed by atoms with Gasteiger partial charge in [-0.15, -0.1) is 0 Å². The third-order valence-electron chi connectivity index (χ3n) is 6.19. The highest BCUT2D eigenvalue weighted by Gasteiger charge is 2.18. The Kier molecular flexibility index (Phi) is 5.66. The van der Waals surface area contributed by atoms with Crippen molar-refractivity contribution in [2.45, 2.75) is 19.3 Å². The summed E-state index contributed by atoms with van der Waals surface area (Å²) in [6, 6.07) is 24.5. The minimum Gasteiger partial charge on any atom is -0.457 e. The predicted molar refractivity (Wildman–Crippen MR) is 132 cm³/mol. The van der Waals surface area contributed by atoms with E-state index in [1.165, 1.54) is 35.7 Å². The standard InChI is InChI=1S/C29H23N3O/c30-19-24(20-31)28-18-26(33-29-7-3-2-6-27(28)29)13-9-21-8-10-23-17-25(12-11-22(23)16-21)32-14-4-1-5-15-32/h2-3,6-13,16-18H,1,4-5,14-15H2/b13-9+. The molecule has 160 valence electrons. The van der Waals surface area contributed by atoms with Crippen molar-refractivity contribution >= 4 is 28.1 Å². The Balaban J connectivity index is 1.43. The molecule has 0 unspecified atom stereocenters. The largest absolute Gasteiger partial charge is 0.457 e. The third kappa shape index (κ3) is 4.25. The zero-order valence-electron chi connectivity index (χ0n) is 18.3.